The number of carbonyl (C=O) groups excluding carboxylic acids is 1. The van der Waals surface area contributed by atoms with E-state index in [4.69, 9.17) is 4.42 Å². The molecule has 1 N–H and O–H groups in total. The summed E-state index contributed by atoms with van der Waals surface area (Å²) in [5, 5.41) is 5.85. The smallest absolute Gasteiger partial charge is 0.224 e. The minimum absolute atomic E-state index is 0.0173. The monoisotopic (exact) mass is 326 g/mol. The predicted octanol–water partition coefficient (Wildman–Crippen LogP) is 3.88. The topological polar surface area (TPSA) is 55.1 Å². The lowest BCUT2D eigenvalue weighted by molar-refractivity contribution is -0.120. The van der Waals surface area contributed by atoms with E-state index in [0.29, 0.717) is 13.0 Å². The van der Waals surface area contributed by atoms with Gasteiger partial charge in [0.2, 0.25) is 5.91 Å². The van der Waals surface area contributed by atoms with Crippen molar-refractivity contribution in [3.63, 3.8) is 0 Å². The van der Waals surface area contributed by atoms with E-state index in [2.05, 4.69) is 10.3 Å². The summed E-state index contributed by atoms with van der Waals surface area (Å²) in [5.74, 6) is 1.44. The third-order valence-corrected chi connectivity index (χ3v) is 4.25. The first-order valence-corrected chi connectivity index (χ1v) is 8.31. The molecule has 3 aromatic rings. The Hall–Kier alpha value is -2.40. The standard InChI is InChI=1S/C18H18N2O2S/c1-12-3-5-14(6-4-12)9-18(21)19-10-15-7-8-17(22-15)16-11-23-13(2)20-16/h3-8,11H,9-10H2,1-2H3,(H,19,21). The van der Waals surface area contributed by atoms with E-state index < -0.39 is 0 Å². The zero-order valence-electron chi connectivity index (χ0n) is 13.1. The molecule has 0 spiro atoms. The number of thiazole rings is 1. The SMILES string of the molecule is Cc1ccc(CC(=O)NCc2ccc(-c3csc(C)n3)o2)cc1. The summed E-state index contributed by atoms with van der Waals surface area (Å²) in [7, 11) is 0. The third kappa shape index (κ3) is 4.07. The van der Waals surface area contributed by atoms with E-state index in [1.165, 1.54) is 5.56 Å². The number of nitrogens with one attached hydrogen (secondary N) is 1. The van der Waals surface area contributed by atoms with Crippen LogP contribution in [-0.2, 0) is 17.8 Å². The molecule has 5 heteroatoms. The van der Waals surface area contributed by atoms with E-state index in [1.54, 1.807) is 11.3 Å². The summed E-state index contributed by atoms with van der Waals surface area (Å²) in [6.45, 7) is 4.37. The van der Waals surface area contributed by atoms with Crippen LogP contribution in [0.15, 0.2) is 46.2 Å². The van der Waals surface area contributed by atoms with Crippen molar-refractivity contribution in [3.05, 3.63) is 63.7 Å². The van der Waals surface area contributed by atoms with Gasteiger partial charge in [-0.05, 0) is 31.5 Å². The minimum Gasteiger partial charge on any atom is -0.458 e. The average molecular weight is 326 g/mol. The van der Waals surface area contributed by atoms with Crippen LogP contribution in [-0.4, -0.2) is 10.9 Å². The molecule has 0 fully saturated rings. The Morgan fingerprint density at radius 1 is 1.17 bits per heavy atom. The van der Waals surface area contributed by atoms with Crippen molar-refractivity contribution in [1.29, 1.82) is 0 Å². The molecule has 0 aliphatic heterocycles. The maximum atomic E-state index is 12.0. The van der Waals surface area contributed by atoms with Crippen molar-refractivity contribution >= 4 is 17.2 Å². The first-order chi connectivity index (χ1) is 11.1. The molecule has 1 aromatic carbocycles. The summed E-state index contributed by atoms with van der Waals surface area (Å²) >= 11 is 1.59. The number of aromatic nitrogens is 1. The molecule has 118 valence electrons. The first-order valence-electron chi connectivity index (χ1n) is 7.43. The van der Waals surface area contributed by atoms with Gasteiger partial charge in [-0.25, -0.2) is 4.98 Å². The summed E-state index contributed by atoms with van der Waals surface area (Å²) in [6.07, 6.45) is 0.374. The second-order valence-electron chi connectivity index (χ2n) is 5.46. The lowest BCUT2D eigenvalue weighted by Gasteiger charge is -2.04. The number of benzene rings is 1. The van der Waals surface area contributed by atoms with Gasteiger partial charge in [-0.1, -0.05) is 29.8 Å². The van der Waals surface area contributed by atoms with Gasteiger partial charge in [0.05, 0.1) is 18.0 Å². The van der Waals surface area contributed by atoms with Gasteiger partial charge < -0.3 is 9.73 Å². The van der Waals surface area contributed by atoms with E-state index in [0.717, 1.165) is 27.8 Å². The van der Waals surface area contributed by atoms with E-state index in [1.807, 2.05) is 55.6 Å². The first kappa shape index (κ1) is 15.5. The maximum Gasteiger partial charge on any atom is 0.224 e. The predicted molar refractivity (Wildman–Crippen MR) is 91.3 cm³/mol. The van der Waals surface area contributed by atoms with Gasteiger partial charge in [0.1, 0.15) is 11.5 Å². The van der Waals surface area contributed by atoms with Crippen molar-refractivity contribution in [3.8, 4) is 11.5 Å². The van der Waals surface area contributed by atoms with Crippen LogP contribution in [0.2, 0.25) is 0 Å². The number of amides is 1. The molecule has 3 rings (SSSR count). The van der Waals surface area contributed by atoms with Crippen LogP contribution in [0.5, 0.6) is 0 Å². The fourth-order valence-electron chi connectivity index (χ4n) is 2.23. The van der Waals surface area contributed by atoms with Crippen molar-refractivity contribution < 1.29 is 9.21 Å². The molecule has 23 heavy (non-hydrogen) atoms. The fourth-order valence-corrected chi connectivity index (χ4v) is 2.83. The fraction of sp³-hybridized carbons (Fsp3) is 0.222. The lowest BCUT2D eigenvalue weighted by Crippen LogP contribution is -2.24. The van der Waals surface area contributed by atoms with Crippen LogP contribution in [0.4, 0.5) is 0 Å². The van der Waals surface area contributed by atoms with Crippen LogP contribution < -0.4 is 5.32 Å². The van der Waals surface area contributed by atoms with Gasteiger partial charge in [-0.2, -0.15) is 0 Å². The molecule has 1 amide bonds. The van der Waals surface area contributed by atoms with Crippen LogP contribution >= 0.6 is 11.3 Å². The normalized spacial score (nSPS) is 10.7. The molecule has 0 atom stereocenters. The van der Waals surface area contributed by atoms with Crippen molar-refractivity contribution in [2.24, 2.45) is 0 Å². The number of carbonyl (C=O) groups is 1. The summed E-state index contributed by atoms with van der Waals surface area (Å²) in [6, 6.07) is 11.7. The number of rotatable bonds is 5. The van der Waals surface area contributed by atoms with Gasteiger partial charge in [0.15, 0.2) is 5.76 Å². The summed E-state index contributed by atoms with van der Waals surface area (Å²) < 4.78 is 5.73. The Kier molecular flexibility index (Phi) is 4.57. The number of hydrogen-bond donors (Lipinski definition) is 1. The second kappa shape index (κ2) is 6.79. The second-order valence-corrected chi connectivity index (χ2v) is 6.52. The van der Waals surface area contributed by atoms with Gasteiger partial charge >= 0.3 is 0 Å². The zero-order chi connectivity index (χ0) is 16.2. The Balaban J connectivity index is 1.55. The molecule has 4 nitrogen and oxygen atoms in total. The molecule has 0 aliphatic rings. The number of hydrogen-bond acceptors (Lipinski definition) is 4. The molecule has 0 bridgehead atoms. The average Bonchev–Trinajstić information content (AvgIpc) is 3.16. The highest BCUT2D eigenvalue weighted by Crippen LogP contribution is 2.23. The Morgan fingerprint density at radius 2 is 1.96 bits per heavy atom. The molecule has 0 unspecified atom stereocenters. The van der Waals surface area contributed by atoms with E-state index in [-0.39, 0.29) is 5.91 Å². The molecule has 2 heterocycles. The molecule has 0 aliphatic carbocycles. The highest BCUT2D eigenvalue weighted by molar-refractivity contribution is 7.09. The molecule has 0 saturated heterocycles. The van der Waals surface area contributed by atoms with Crippen LogP contribution in [0.25, 0.3) is 11.5 Å². The molecular weight excluding hydrogens is 308 g/mol. The highest BCUT2D eigenvalue weighted by atomic mass is 32.1. The van der Waals surface area contributed by atoms with Gasteiger partial charge in [-0.15, -0.1) is 11.3 Å². The number of aryl methyl sites for hydroxylation is 2. The quantitative estimate of drug-likeness (QED) is 0.774. The van der Waals surface area contributed by atoms with Gasteiger partial charge in [0, 0.05) is 5.38 Å². The molecule has 0 saturated carbocycles. The number of furan rings is 1. The van der Waals surface area contributed by atoms with Crippen LogP contribution in [0.3, 0.4) is 0 Å². The lowest BCUT2D eigenvalue weighted by atomic mass is 10.1. The van der Waals surface area contributed by atoms with Crippen molar-refractivity contribution in [2.45, 2.75) is 26.8 Å². The van der Waals surface area contributed by atoms with Gasteiger partial charge in [-0.3, -0.25) is 4.79 Å². The summed E-state index contributed by atoms with van der Waals surface area (Å²) in [5.41, 5.74) is 3.03. The Bertz CT molecular complexity index is 803. The molecule has 0 radical (unpaired) electrons. The zero-order valence-corrected chi connectivity index (χ0v) is 13.9. The van der Waals surface area contributed by atoms with Gasteiger partial charge in [0.25, 0.3) is 0 Å². The third-order valence-electron chi connectivity index (χ3n) is 3.48. The van der Waals surface area contributed by atoms with E-state index in [9.17, 15) is 4.79 Å². The minimum atomic E-state index is -0.0173. The molecule has 2 aromatic heterocycles. The van der Waals surface area contributed by atoms with Crippen molar-refractivity contribution in [1.82, 2.24) is 10.3 Å². The highest BCUT2D eigenvalue weighted by Gasteiger charge is 2.09. The maximum absolute atomic E-state index is 12.0. The largest absolute Gasteiger partial charge is 0.458 e. The Labute approximate surface area is 139 Å². The Morgan fingerprint density at radius 3 is 2.65 bits per heavy atom. The van der Waals surface area contributed by atoms with Crippen LogP contribution in [0, 0.1) is 13.8 Å². The van der Waals surface area contributed by atoms with Crippen LogP contribution in [0.1, 0.15) is 21.9 Å². The number of nitrogens with zero attached hydrogens (tertiary/aromatic N) is 1. The van der Waals surface area contributed by atoms with E-state index >= 15 is 0 Å². The molecular formula is C18H18N2O2S. The van der Waals surface area contributed by atoms with Crippen molar-refractivity contribution in [2.75, 3.05) is 0 Å². The summed E-state index contributed by atoms with van der Waals surface area (Å²) in [4.78, 5) is 16.4.